The molecule has 2 aromatic heterocycles. The Bertz CT molecular complexity index is 3140. The second kappa shape index (κ2) is 13.7. The van der Waals surface area contributed by atoms with Crippen LogP contribution >= 0.6 is 11.3 Å². The molecule has 0 bridgehead atoms. The fraction of sp³-hybridized carbons (Fsp3) is 0.0370. The Morgan fingerprint density at radius 2 is 0.879 bits per heavy atom. The maximum atomic E-state index is 5.58. The van der Waals surface area contributed by atoms with Gasteiger partial charge in [0.2, 0.25) is 0 Å². The second-order valence-electron chi connectivity index (χ2n) is 15.8. The van der Waals surface area contributed by atoms with E-state index in [-0.39, 0.29) is 0 Å². The molecule has 0 amide bonds. The van der Waals surface area contributed by atoms with Crippen LogP contribution < -0.4 is 10.5 Å². The van der Waals surface area contributed by atoms with Crippen LogP contribution in [0.25, 0.3) is 98.5 Å². The number of hydrogen-bond acceptors (Lipinski definition) is 3. The predicted octanol–water partition coefficient (Wildman–Crippen LogP) is 13.6. The Morgan fingerprint density at radius 1 is 0.397 bits per heavy atom. The summed E-state index contributed by atoms with van der Waals surface area (Å²) in [6, 6.07) is 70.5. The Hall–Kier alpha value is -6.72. The fourth-order valence-electron chi connectivity index (χ4n) is 8.95. The smallest absolute Gasteiger partial charge is 0.160 e. The zero-order chi connectivity index (χ0) is 38.8. The van der Waals surface area contributed by atoms with E-state index in [0.29, 0.717) is 0 Å². The van der Waals surface area contributed by atoms with E-state index in [9.17, 15) is 0 Å². The first-order chi connectivity index (χ1) is 28.5. The average Bonchev–Trinajstić information content (AvgIpc) is 3.78. The standard InChI is InChI=1S/C54H38N2SSi/c1-58(2)49-29-12-10-25-45(49)51-52(55-53(56-54(51)58)46-26-15-28-48-50(46)44-24-9-11-27-47(44)57-48)40-23-14-21-38(31-40)37-20-13-22-39(30-37)43-33-41(35-16-5-3-6-17-35)32-42(34-43)36-18-7-4-8-19-36/h3-34H,1-2H3. The van der Waals surface area contributed by atoms with Gasteiger partial charge in [0.25, 0.3) is 0 Å². The molecule has 11 rings (SSSR count). The minimum atomic E-state index is -2.14. The third kappa shape index (κ3) is 5.75. The van der Waals surface area contributed by atoms with Crippen molar-refractivity contribution in [1.29, 1.82) is 0 Å². The summed E-state index contributed by atoms with van der Waals surface area (Å²) in [6.45, 7) is 4.88. The van der Waals surface area contributed by atoms with Gasteiger partial charge in [0.15, 0.2) is 5.82 Å². The highest BCUT2D eigenvalue weighted by Gasteiger charge is 2.41. The lowest BCUT2D eigenvalue weighted by atomic mass is 9.91. The van der Waals surface area contributed by atoms with E-state index in [1.165, 1.54) is 80.7 Å². The van der Waals surface area contributed by atoms with Crippen molar-refractivity contribution >= 4 is 50.1 Å². The summed E-state index contributed by atoms with van der Waals surface area (Å²) >= 11 is 1.84. The number of nitrogens with zero attached hydrogens (tertiary/aromatic N) is 2. The molecule has 0 radical (unpaired) electrons. The Labute approximate surface area is 343 Å². The van der Waals surface area contributed by atoms with E-state index >= 15 is 0 Å². The van der Waals surface area contributed by atoms with Crippen molar-refractivity contribution in [3.05, 3.63) is 194 Å². The highest BCUT2D eigenvalue weighted by molar-refractivity contribution is 7.26. The maximum absolute atomic E-state index is 5.58. The van der Waals surface area contributed by atoms with Crippen LogP contribution in [0.2, 0.25) is 13.1 Å². The lowest BCUT2D eigenvalue weighted by molar-refractivity contribution is 1.21. The third-order valence-corrected chi connectivity index (χ3v) is 16.3. The van der Waals surface area contributed by atoms with Crippen LogP contribution in [0, 0.1) is 0 Å². The van der Waals surface area contributed by atoms with Crippen LogP contribution in [0.5, 0.6) is 0 Å². The number of aromatic nitrogens is 2. The van der Waals surface area contributed by atoms with Gasteiger partial charge in [0.05, 0.1) is 5.69 Å². The first kappa shape index (κ1) is 34.5. The van der Waals surface area contributed by atoms with Gasteiger partial charge in [0, 0.05) is 42.2 Å². The summed E-state index contributed by atoms with van der Waals surface area (Å²) in [5, 5.41) is 5.13. The summed E-state index contributed by atoms with van der Waals surface area (Å²) in [5.74, 6) is 0.802. The fourth-order valence-corrected chi connectivity index (χ4v) is 13.0. The topological polar surface area (TPSA) is 25.8 Å². The quantitative estimate of drug-likeness (QED) is 0.157. The van der Waals surface area contributed by atoms with Gasteiger partial charge in [-0.25, -0.2) is 9.97 Å². The van der Waals surface area contributed by atoms with Crippen LogP contribution in [-0.4, -0.2) is 18.0 Å². The second-order valence-corrected chi connectivity index (χ2v) is 21.1. The zero-order valence-electron chi connectivity index (χ0n) is 32.3. The molecule has 0 saturated heterocycles. The van der Waals surface area contributed by atoms with Gasteiger partial charge in [-0.05, 0) is 97.7 Å². The van der Waals surface area contributed by atoms with Crippen molar-refractivity contribution in [3.63, 3.8) is 0 Å². The molecule has 1 aliphatic heterocycles. The van der Waals surface area contributed by atoms with Gasteiger partial charge in [0.1, 0.15) is 8.07 Å². The molecule has 10 aromatic rings. The van der Waals surface area contributed by atoms with Crippen LogP contribution in [0.3, 0.4) is 0 Å². The Morgan fingerprint density at radius 3 is 1.59 bits per heavy atom. The van der Waals surface area contributed by atoms with Crippen molar-refractivity contribution in [3.8, 4) is 78.3 Å². The van der Waals surface area contributed by atoms with Crippen molar-refractivity contribution in [2.24, 2.45) is 0 Å². The molecular weight excluding hydrogens is 737 g/mol. The highest BCUT2D eigenvalue weighted by Crippen LogP contribution is 2.42. The molecule has 0 atom stereocenters. The van der Waals surface area contributed by atoms with Crippen LogP contribution in [0.4, 0.5) is 0 Å². The lowest BCUT2D eigenvalue weighted by Crippen LogP contribution is -2.50. The van der Waals surface area contributed by atoms with Gasteiger partial charge in [-0.1, -0.05) is 165 Å². The Kier molecular flexibility index (Phi) is 8.17. The van der Waals surface area contributed by atoms with Crippen molar-refractivity contribution < 1.29 is 0 Å². The van der Waals surface area contributed by atoms with Crippen molar-refractivity contribution in [1.82, 2.24) is 9.97 Å². The minimum Gasteiger partial charge on any atom is -0.237 e. The number of fused-ring (bicyclic) bond motifs is 6. The number of thiophene rings is 1. The highest BCUT2D eigenvalue weighted by atomic mass is 32.1. The predicted molar refractivity (Wildman–Crippen MR) is 250 cm³/mol. The largest absolute Gasteiger partial charge is 0.237 e. The van der Waals surface area contributed by atoms with E-state index in [4.69, 9.17) is 9.97 Å². The lowest BCUT2D eigenvalue weighted by Gasteiger charge is -2.19. The number of benzene rings is 8. The molecule has 0 fully saturated rings. The monoisotopic (exact) mass is 774 g/mol. The SMILES string of the molecule is C[Si]1(C)c2ccccc2-c2c(-c3cccc(-c4cccc(-c5cc(-c6ccccc6)cc(-c6ccccc6)c5)c4)c3)nc(-c3cccc4sc5ccccc5c34)nc21. The van der Waals surface area contributed by atoms with Gasteiger partial charge >= 0.3 is 0 Å². The molecule has 0 spiro atoms. The summed E-state index contributed by atoms with van der Waals surface area (Å²) < 4.78 is 2.54. The average molecular weight is 775 g/mol. The summed E-state index contributed by atoms with van der Waals surface area (Å²) in [7, 11) is -2.14. The van der Waals surface area contributed by atoms with E-state index in [1.807, 2.05) is 11.3 Å². The van der Waals surface area contributed by atoms with Crippen LogP contribution in [0.15, 0.2) is 194 Å². The molecule has 0 aliphatic carbocycles. The van der Waals surface area contributed by atoms with Crippen LogP contribution in [0.1, 0.15) is 0 Å². The molecule has 8 aromatic carbocycles. The van der Waals surface area contributed by atoms with E-state index in [0.717, 1.165) is 28.2 Å². The molecule has 274 valence electrons. The van der Waals surface area contributed by atoms with E-state index < -0.39 is 8.07 Å². The molecular formula is C54H38N2SSi. The summed E-state index contributed by atoms with van der Waals surface area (Å²) in [6.07, 6.45) is 0. The molecule has 1 aliphatic rings. The number of rotatable bonds is 6. The summed E-state index contributed by atoms with van der Waals surface area (Å²) in [5.41, 5.74) is 15.2. The van der Waals surface area contributed by atoms with Crippen molar-refractivity contribution in [2.45, 2.75) is 13.1 Å². The van der Waals surface area contributed by atoms with Gasteiger partial charge < -0.3 is 0 Å². The van der Waals surface area contributed by atoms with Gasteiger partial charge in [-0.2, -0.15) is 0 Å². The van der Waals surface area contributed by atoms with E-state index in [2.05, 4.69) is 207 Å². The Balaban J connectivity index is 1.07. The molecule has 58 heavy (non-hydrogen) atoms. The molecule has 3 heterocycles. The molecule has 4 heteroatoms. The minimum absolute atomic E-state index is 0.802. The van der Waals surface area contributed by atoms with E-state index in [1.54, 1.807) is 0 Å². The zero-order valence-corrected chi connectivity index (χ0v) is 34.1. The molecule has 2 nitrogen and oxygen atoms in total. The first-order valence-electron chi connectivity index (χ1n) is 19.9. The molecule has 0 N–H and O–H groups in total. The molecule has 0 saturated carbocycles. The van der Waals surface area contributed by atoms with Crippen LogP contribution in [-0.2, 0) is 0 Å². The normalized spacial score (nSPS) is 12.8. The first-order valence-corrected chi connectivity index (χ1v) is 23.7. The van der Waals surface area contributed by atoms with Crippen molar-refractivity contribution in [2.75, 3.05) is 0 Å². The van der Waals surface area contributed by atoms with Gasteiger partial charge in [-0.15, -0.1) is 11.3 Å². The third-order valence-electron chi connectivity index (χ3n) is 11.8. The number of hydrogen-bond donors (Lipinski definition) is 0. The summed E-state index contributed by atoms with van der Waals surface area (Å²) in [4.78, 5) is 11.1. The maximum Gasteiger partial charge on any atom is 0.160 e. The molecule has 0 unspecified atom stereocenters. The van der Waals surface area contributed by atoms with Gasteiger partial charge in [-0.3, -0.25) is 0 Å².